The van der Waals surface area contributed by atoms with Gasteiger partial charge in [-0.2, -0.15) is 0 Å². The summed E-state index contributed by atoms with van der Waals surface area (Å²) in [6.07, 6.45) is -0.0941. The van der Waals surface area contributed by atoms with Gasteiger partial charge in [0, 0.05) is 5.70 Å². The van der Waals surface area contributed by atoms with Crippen molar-refractivity contribution in [1.29, 1.82) is 0 Å². The van der Waals surface area contributed by atoms with Crippen LogP contribution >= 0.6 is 11.6 Å². The molecule has 1 atom stereocenters. The zero-order valence-corrected chi connectivity index (χ0v) is 16.9. The number of ether oxygens (including phenoxy) is 3. The summed E-state index contributed by atoms with van der Waals surface area (Å²) in [5, 5.41) is 5.68. The Morgan fingerprint density at radius 2 is 1.96 bits per heavy atom. The molecule has 1 heterocycles. The molecule has 1 aromatic rings. The molecule has 8 heteroatoms. The molecule has 0 aromatic heterocycles. The molecular weight excluding hydrogens is 372 g/mol. The van der Waals surface area contributed by atoms with E-state index in [4.69, 9.17) is 25.8 Å². The van der Waals surface area contributed by atoms with Crippen molar-refractivity contribution in [1.82, 2.24) is 10.6 Å². The Bertz CT molecular complexity index is 761. The number of amides is 2. The smallest absolute Gasteiger partial charge is 0.338 e. The number of benzene rings is 1. The number of hydrogen-bond donors (Lipinski definition) is 2. The molecule has 0 saturated heterocycles. The number of halogens is 1. The summed E-state index contributed by atoms with van der Waals surface area (Å²) >= 11 is 6.43. The van der Waals surface area contributed by atoms with Crippen LogP contribution < -0.4 is 20.1 Å². The first-order valence-corrected chi connectivity index (χ1v) is 9.24. The molecule has 1 aromatic carbocycles. The third kappa shape index (κ3) is 4.86. The molecule has 0 spiro atoms. The molecule has 1 aliphatic rings. The predicted octanol–water partition coefficient (Wildman–Crippen LogP) is 3.72. The third-order valence-electron chi connectivity index (χ3n) is 3.78. The molecule has 27 heavy (non-hydrogen) atoms. The number of carbonyl (C=O) groups is 2. The Morgan fingerprint density at radius 1 is 1.26 bits per heavy atom. The van der Waals surface area contributed by atoms with Crippen molar-refractivity contribution in [2.24, 2.45) is 0 Å². The van der Waals surface area contributed by atoms with Crippen molar-refractivity contribution in [3.05, 3.63) is 34.0 Å². The van der Waals surface area contributed by atoms with Crippen molar-refractivity contribution >= 4 is 23.6 Å². The summed E-state index contributed by atoms with van der Waals surface area (Å²) in [6, 6.07) is 2.24. The number of allylic oxidation sites excluding steroid dienone is 1. The van der Waals surface area contributed by atoms with Gasteiger partial charge in [-0.1, -0.05) is 11.6 Å². The van der Waals surface area contributed by atoms with Crippen LogP contribution in [0.2, 0.25) is 5.02 Å². The third-order valence-corrected chi connectivity index (χ3v) is 4.06. The first-order valence-electron chi connectivity index (χ1n) is 8.86. The van der Waals surface area contributed by atoms with Gasteiger partial charge in [0.15, 0.2) is 11.5 Å². The Morgan fingerprint density at radius 3 is 2.56 bits per heavy atom. The minimum Gasteiger partial charge on any atom is -0.490 e. The zero-order valence-electron chi connectivity index (χ0n) is 16.1. The van der Waals surface area contributed by atoms with Gasteiger partial charge >= 0.3 is 12.0 Å². The minimum absolute atomic E-state index is 0.0941. The minimum atomic E-state index is -0.720. The number of esters is 1. The average molecular weight is 397 g/mol. The molecule has 0 radical (unpaired) electrons. The summed E-state index contributed by atoms with van der Waals surface area (Å²) in [5.41, 5.74) is 1.34. The van der Waals surface area contributed by atoms with Gasteiger partial charge in [0.25, 0.3) is 0 Å². The second-order valence-corrected chi connectivity index (χ2v) is 6.63. The SMILES string of the molecule is CCOC(=O)C1=C(C)NC(=O)NC1c1cc(Cl)c(OC(C)C)c(OCC)c1. The first-order chi connectivity index (χ1) is 12.8. The van der Waals surface area contributed by atoms with Crippen LogP contribution in [0.3, 0.4) is 0 Å². The van der Waals surface area contributed by atoms with Gasteiger partial charge in [0.2, 0.25) is 0 Å². The van der Waals surface area contributed by atoms with Crippen LogP contribution in [0.15, 0.2) is 23.4 Å². The summed E-state index contributed by atoms with van der Waals surface area (Å²) in [5.74, 6) is 0.363. The standard InChI is InChI=1S/C19H25ClN2O5/c1-6-25-14-9-12(8-13(20)17(14)27-10(3)4)16-15(18(23)26-7-2)11(5)21-19(24)22-16/h8-10,16H,6-7H2,1-5H3,(H2,21,22,24). The van der Waals surface area contributed by atoms with Crippen molar-refractivity contribution in [3.8, 4) is 11.5 Å². The van der Waals surface area contributed by atoms with Crippen molar-refractivity contribution in [3.63, 3.8) is 0 Å². The second-order valence-electron chi connectivity index (χ2n) is 6.22. The Labute approximate surface area is 164 Å². The molecule has 7 nitrogen and oxygen atoms in total. The summed E-state index contributed by atoms with van der Waals surface area (Å²) in [7, 11) is 0. The number of nitrogens with one attached hydrogen (secondary N) is 2. The van der Waals surface area contributed by atoms with Crippen molar-refractivity contribution < 1.29 is 23.8 Å². The van der Waals surface area contributed by atoms with E-state index in [0.29, 0.717) is 40.0 Å². The Hall–Kier alpha value is -2.41. The first kappa shape index (κ1) is 20.9. The molecule has 1 aliphatic heterocycles. The molecule has 2 N–H and O–H groups in total. The molecule has 0 bridgehead atoms. The summed E-state index contributed by atoms with van der Waals surface area (Å²) in [6.45, 7) is 9.63. The molecule has 0 fully saturated rings. The normalized spacial score (nSPS) is 16.7. The molecular formula is C19H25ClN2O5. The lowest BCUT2D eigenvalue weighted by atomic mass is 9.95. The van der Waals surface area contributed by atoms with Crippen LogP contribution in [0.1, 0.15) is 46.2 Å². The van der Waals surface area contributed by atoms with E-state index >= 15 is 0 Å². The highest BCUT2D eigenvalue weighted by atomic mass is 35.5. The highest BCUT2D eigenvalue weighted by Gasteiger charge is 2.33. The fraction of sp³-hybridized carbons (Fsp3) is 0.474. The van der Waals surface area contributed by atoms with Gasteiger partial charge in [-0.25, -0.2) is 9.59 Å². The number of hydrogen-bond acceptors (Lipinski definition) is 5. The zero-order chi connectivity index (χ0) is 20.1. The fourth-order valence-corrected chi connectivity index (χ4v) is 3.05. The highest BCUT2D eigenvalue weighted by molar-refractivity contribution is 6.32. The molecule has 2 amide bonds. The Balaban J connectivity index is 2.55. The van der Waals surface area contributed by atoms with Crippen LogP contribution in [0.5, 0.6) is 11.5 Å². The van der Waals surface area contributed by atoms with Crippen LogP contribution in [0, 0.1) is 0 Å². The highest BCUT2D eigenvalue weighted by Crippen LogP contribution is 2.40. The van der Waals surface area contributed by atoms with E-state index in [2.05, 4.69) is 10.6 Å². The van der Waals surface area contributed by atoms with Crippen LogP contribution in [0.25, 0.3) is 0 Å². The topological polar surface area (TPSA) is 85.9 Å². The quantitative estimate of drug-likeness (QED) is 0.686. The van der Waals surface area contributed by atoms with E-state index < -0.39 is 18.0 Å². The lowest BCUT2D eigenvalue weighted by molar-refractivity contribution is -0.139. The maximum absolute atomic E-state index is 12.4. The predicted molar refractivity (Wildman–Crippen MR) is 102 cm³/mol. The number of urea groups is 1. The molecule has 0 aliphatic carbocycles. The van der Waals surface area contributed by atoms with Gasteiger partial charge in [-0.05, 0) is 52.3 Å². The van der Waals surface area contributed by atoms with E-state index in [1.807, 2.05) is 20.8 Å². The number of rotatable bonds is 7. The molecule has 0 saturated carbocycles. The molecule has 1 unspecified atom stereocenters. The lowest BCUT2D eigenvalue weighted by Crippen LogP contribution is -2.45. The second kappa shape index (κ2) is 8.99. The van der Waals surface area contributed by atoms with Crippen LogP contribution in [-0.4, -0.2) is 31.3 Å². The average Bonchev–Trinajstić information content (AvgIpc) is 2.57. The van der Waals surface area contributed by atoms with E-state index in [-0.39, 0.29) is 12.7 Å². The fourth-order valence-electron chi connectivity index (χ4n) is 2.79. The van der Waals surface area contributed by atoms with Crippen molar-refractivity contribution in [2.45, 2.75) is 46.8 Å². The van der Waals surface area contributed by atoms with E-state index in [1.54, 1.807) is 26.0 Å². The van der Waals surface area contributed by atoms with Crippen LogP contribution in [0.4, 0.5) is 4.79 Å². The maximum Gasteiger partial charge on any atom is 0.338 e. The van der Waals surface area contributed by atoms with Gasteiger partial charge in [0.1, 0.15) is 0 Å². The van der Waals surface area contributed by atoms with Crippen molar-refractivity contribution in [2.75, 3.05) is 13.2 Å². The monoisotopic (exact) mass is 396 g/mol. The van der Waals surface area contributed by atoms with Gasteiger partial charge in [0.05, 0.1) is 36.0 Å². The summed E-state index contributed by atoms with van der Waals surface area (Å²) < 4.78 is 16.6. The largest absolute Gasteiger partial charge is 0.490 e. The van der Waals surface area contributed by atoms with Gasteiger partial charge < -0.3 is 24.8 Å². The van der Waals surface area contributed by atoms with Gasteiger partial charge in [-0.3, -0.25) is 0 Å². The lowest BCUT2D eigenvalue weighted by Gasteiger charge is -2.29. The van der Waals surface area contributed by atoms with Gasteiger partial charge in [-0.15, -0.1) is 0 Å². The Kier molecular flexibility index (Phi) is 6.96. The molecule has 2 rings (SSSR count). The van der Waals surface area contributed by atoms with E-state index in [9.17, 15) is 9.59 Å². The number of carbonyl (C=O) groups excluding carboxylic acids is 2. The van der Waals surface area contributed by atoms with E-state index in [1.165, 1.54) is 0 Å². The van der Waals surface area contributed by atoms with E-state index in [0.717, 1.165) is 0 Å². The molecule has 148 valence electrons. The van der Waals surface area contributed by atoms with Crippen LogP contribution in [-0.2, 0) is 9.53 Å². The summed E-state index contributed by atoms with van der Waals surface area (Å²) in [4.78, 5) is 24.4. The maximum atomic E-state index is 12.4.